The van der Waals surface area contributed by atoms with Crippen molar-refractivity contribution in [1.82, 2.24) is 4.98 Å². The van der Waals surface area contributed by atoms with Gasteiger partial charge in [-0.1, -0.05) is 29.8 Å². The number of para-hydroxylation sites is 1. The number of aryl methyl sites for hydroxylation is 1. The predicted octanol–water partition coefficient (Wildman–Crippen LogP) is 4.49. The molecule has 94 valence electrons. The first-order chi connectivity index (χ1) is 9.15. The Hall–Kier alpha value is -1.71. The number of thiophene rings is 1. The van der Waals surface area contributed by atoms with E-state index in [4.69, 9.17) is 11.6 Å². The molecule has 2 nitrogen and oxygen atoms in total. The Morgan fingerprint density at radius 1 is 1.21 bits per heavy atom. The van der Waals surface area contributed by atoms with Gasteiger partial charge in [0.15, 0.2) is 0 Å². The van der Waals surface area contributed by atoms with Crippen LogP contribution in [0.2, 0.25) is 4.34 Å². The predicted molar refractivity (Wildman–Crippen MR) is 79.2 cm³/mol. The number of nitrogens with zero attached hydrogens (tertiary/aromatic N) is 1. The molecule has 4 heteroatoms. The normalized spacial score (nSPS) is 10.8. The van der Waals surface area contributed by atoms with E-state index in [1.807, 2.05) is 37.3 Å². The molecule has 2 aromatic heterocycles. The summed E-state index contributed by atoms with van der Waals surface area (Å²) in [5.74, 6) is -0.0780. The summed E-state index contributed by atoms with van der Waals surface area (Å²) in [5, 5.41) is 1.07. The van der Waals surface area contributed by atoms with Gasteiger partial charge in [0, 0.05) is 5.39 Å². The van der Waals surface area contributed by atoms with E-state index in [1.54, 1.807) is 12.1 Å². The Morgan fingerprint density at radius 3 is 2.74 bits per heavy atom. The molecule has 3 aromatic rings. The lowest BCUT2D eigenvalue weighted by atomic mass is 10.1. The largest absolute Gasteiger partial charge is 0.286 e. The summed E-state index contributed by atoms with van der Waals surface area (Å²) in [6.45, 7) is 1.99. The smallest absolute Gasteiger partial charge is 0.221 e. The van der Waals surface area contributed by atoms with Crippen molar-refractivity contribution in [2.75, 3.05) is 0 Å². The average Bonchev–Trinajstić information content (AvgIpc) is 2.84. The molecule has 1 aromatic carbocycles. The lowest BCUT2D eigenvalue weighted by Crippen LogP contribution is -2.03. The summed E-state index contributed by atoms with van der Waals surface area (Å²) in [6, 6.07) is 13.1. The lowest BCUT2D eigenvalue weighted by Gasteiger charge is -2.04. The van der Waals surface area contributed by atoms with Crippen LogP contribution in [0.3, 0.4) is 0 Å². The maximum Gasteiger partial charge on any atom is 0.221 e. The molecule has 19 heavy (non-hydrogen) atoms. The number of carbonyl (C=O) groups is 1. The first-order valence-corrected chi connectivity index (χ1v) is 7.01. The summed E-state index contributed by atoms with van der Waals surface area (Å²) in [5.41, 5.74) is 2.36. The minimum Gasteiger partial charge on any atom is -0.286 e. The fourth-order valence-corrected chi connectivity index (χ4v) is 3.02. The SMILES string of the molecule is Cc1cc(C(=O)c2ccc(Cl)s2)nc2ccccc12. The van der Waals surface area contributed by atoms with Crippen molar-refractivity contribution in [3.05, 3.63) is 62.9 Å². The number of hydrogen-bond acceptors (Lipinski definition) is 3. The van der Waals surface area contributed by atoms with Crippen LogP contribution in [0.15, 0.2) is 42.5 Å². The van der Waals surface area contributed by atoms with E-state index in [2.05, 4.69) is 4.98 Å². The standard InChI is InChI=1S/C15H10ClNOS/c1-9-8-12(15(18)13-6-7-14(16)19-13)17-11-5-3-2-4-10(9)11/h2-8H,1H3. The van der Waals surface area contributed by atoms with Gasteiger partial charge in [0.1, 0.15) is 5.69 Å². The molecule has 0 atom stereocenters. The van der Waals surface area contributed by atoms with Crippen LogP contribution < -0.4 is 0 Å². The minimum absolute atomic E-state index is 0.0780. The monoisotopic (exact) mass is 287 g/mol. The number of benzene rings is 1. The van der Waals surface area contributed by atoms with E-state index in [1.165, 1.54) is 11.3 Å². The van der Waals surface area contributed by atoms with Crippen molar-refractivity contribution in [2.24, 2.45) is 0 Å². The minimum atomic E-state index is -0.0780. The van der Waals surface area contributed by atoms with E-state index in [-0.39, 0.29) is 5.78 Å². The fourth-order valence-electron chi connectivity index (χ4n) is 2.03. The van der Waals surface area contributed by atoms with Crippen LogP contribution in [-0.4, -0.2) is 10.8 Å². The number of pyridine rings is 1. The molecule has 0 fully saturated rings. The highest BCUT2D eigenvalue weighted by Crippen LogP contribution is 2.25. The van der Waals surface area contributed by atoms with Gasteiger partial charge >= 0.3 is 0 Å². The first-order valence-electron chi connectivity index (χ1n) is 5.81. The molecule has 0 aliphatic rings. The number of aromatic nitrogens is 1. The van der Waals surface area contributed by atoms with E-state index < -0.39 is 0 Å². The fraction of sp³-hybridized carbons (Fsp3) is 0.0667. The Bertz CT molecular complexity index is 779. The Morgan fingerprint density at radius 2 is 2.00 bits per heavy atom. The molecular weight excluding hydrogens is 278 g/mol. The van der Waals surface area contributed by atoms with Gasteiger partial charge in [-0.2, -0.15) is 0 Å². The molecule has 0 amide bonds. The average molecular weight is 288 g/mol. The molecule has 0 N–H and O–H groups in total. The van der Waals surface area contributed by atoms with Gasteiger partial charge < -0.3 is 0 Å². The topological polar surface area (TPSA) is 30.0 Å². The quantitative estimate of drug-likeness (QED) is 0.650. The summed E-state index contributed by atoms with van der Waals surface area (Å²) in [7, 11) is 0. The molecule has 0 saturated carbocycles. The van der Waals surface area contributed by atoms with Gasteiger partial charge in [-0.05, 0) is 36.8 Å². The van der Waals surface area contributed by atoms with Crippen molar-refractivity contribution < 1.29 is 4.79 Å². The molecule has 0 aliphatic heterocycles. The second-order valence-corrected chi connectivity index (χ2v) is 5.99. The highest BCUT2D eigenvalue weighted by atomic mass is 35.5. The van der Waals surface area contributed by atoms with Crippen molar-refractivity contribution >= 4 is 39.6 Å². The third kappa shape index (κ3) is 2.27. The van der Waals surface area contributed by atoms with Gasteiger partial charge in [-0.3, -0.25) is 4.79 Å². The molecule has 3 rings (SSSR count). The van der Waals surface area contributed by atoms with Crippen LogP contribution in [-0.2, 0) is 0 Å². The molecule has 0 saturated heterocycles. The van der Waals surface area contributed by atoms with Gasteiger partial charge in [-0.25, -0.2) is 4.98 Å². The van der Waals surface area contributed by atoms with E-state index in [0.29, 0.717) is 14.9 Å². The second-order valence-electron chi connectivity index (χ2n) is 4.27. The molecule has 2 heterocycles. The maximum absolute atomic E-state index is 12.3. The summed E-state index contributed by atoms with van der Waals surface area (Å²) in [6.07, 6.45) is 0. The number of rotatable bonds is 2. The van der Waals surface area contributed by atoms with E-state index >= 15 is 0 Å². The zero-order valence-electron chi connectivity index (χ0n) is 10.2. The summed E-state index contributed by atoms with van der Waals surface area (Å²) in [4.78, 5) is 17.4. The third-order valence-corrected chi connectivity index (χ3v) is 4.18. The molecule has 0 aliphatic carbocycles. The van der Waals surface area contributed by atoms with Gasteiger partial charge in [-0.15, -0.1) is 11.3 Å². The van der Waals surface area contributed by atoms with Gasteiger partial charge in [0.25, 0.3) is 0 Å². The van der Waals surface area contributed by atoms with Crippen molar-refractivity contribution in [3.63, 3.8) is 0 Å². The Labute approximate surface area is 119 Å². The maximum atomic E-state index is 12.3. The number of fused-ring (bicyclic) bond motifs is 1. The highest BCUT2D eigenvalue weighted by Gasteiger charge is 2.14. The zero-order valence-corrected chi connectivity index (χ0v) is 11.8. The highest BCUT2D eigenvalue weighted by molar-refractivity contribution is 7.18. The van der Waals surface area contributed by atoms with Crippen molar-refractivity contribution in [2.45, 2.75) is 6.92 Å². The molecular formula is C15H10ClNOS. The van der Waals surface area contributed by atoms with Crippen LogP contribution >= 0.6 is 22.9 Å². The van der Waals surface area contributed by atoms with Gasteiger partial charge in [0.05, 0.1) is 14.7 Å². The van der Waals surface area contributed by atoms with E-state index in [9.17, 15) is 4.79 Å². The molecule has 0 spiro atoms. The van der Waals surface area contributed by atoms with Crippen LogP contribution in [0.1, 0.15) is 20.9 Å². The van der Waals surface area contributed by atoms with E-state index in [0.717, 1.165) is 16.5 Å². The van der Waals surface area contributed by atoms with Crippen LogP contribution in [0.4, 0.5) is 0 Å². The van der Waals surface area contributed by atoms with Crippen LogP contribution in [0.25, 0.3) is 10.9 Å². The molecule has 0 unspecified atom stereocenters. The Balaban J connectivity index is 2.13. The number of ketones is 1. The van der Waals surface area contributed by atoms with Crippen molar-refractivity contribution in [3.8, 4) is 0 Å². The summed E-state index contributed by atoms with van der Waals surface area (Å²) >= 11 is 7.14. The molecule has 0 bridgehead atoms. The first kappa shape index (κ1) is 12.3. The third-order valence-electron chi connectivity index (χ3n) is 2.95. The summed E-state index contributed by atoms with van der Waals surface area (Å²) < 4.78 is 0.612. The Kier molecular flexibility index (Phi) is 3.09. The lowest BCUT2D eigenvalue weighted by molar-refractivity contribution is 0.103. The zero-order chi connectivity index (χ0) is 13.4. The number of hydrogen-bond donors (Lipinski definition) is 0. The van der Waals surface area contributed by atoms with Gasteiger partial charge in [0.2, 0.25) is 5.78 Å². The number of carbonyl (C=O) groups excluding carboxylic acids is 1. The second kappa shape index (κ2) is 4.76. The van der Waals surface area contributed by atoms with Crippen LogP contribution in [0.5, 0.6) is 0 Å². The van der Waals surface area contributed by atoms with Crippen LogP contribution in [0, 0.1) is 6.92 Å². The molecule has 0 radical (unpaired) electrons. The number of halogens is 1. The van der Waals surface area contributed by atoms with Crippen molar-refractivity contribution in [1.29, 1.82) is 0 Å².